The zero-order chi connectivity index (χ0) is 21.9. The number of H-pyrrole nitrogens is 1. The fourth-order valence-corrected chi connectivity index (χ4v) is 3.12. The number of imidazole rings is 1. The van der Waals surface area contributed by atoms with Crippen LogP contribution in [0.3, 0.4) is 0 Å². The molecule has 30 heavy (non-hydrogen) atoms. The minimum atomic E-state index is -4.70. The zero-order valence-corrected chi connectivity index (χ0v) is 16.4. The number of anilines is 1. The van der Waals surface area contributed by atoms with E-state index in [1.165, 1.54) is 13.1 Å². The number of urea groups is 1. The summed E-state index contributed by atoms with van der Waals surface area (Å²) in [6, 6.07) is 8.07. The van der Waals surface area contributed by atoms with Crippen molar-refractivity contribution in [3.63, 3.8) is 0 Å². The first-order valence-corrected chi connectivity index (χ1v) is 9.18. The zero-order valence-electron chi connectivity index (χ0n) is 15.7. The van der Waals surface area contributed by atoms with Crippen molar-refractivity contribution in [2.45, 2.75) is 12.6 Å². The number of hydrogen-bond donors (Lipinski definition) is 4. The molecule has 158 valence electrons. The fourth-order valence-electron chi connectivity index (χ4n) is 2.84. The van der Waals surface area contributed by atoms with E-state index in [9.17, 15) is 22.8 Å². The number of nitrogens with zero attached hydrogens (tertiary/aromatic N) is 1. The van der Waals surface area contributed by atoms with E-state index in [1.807, 2.05) is 0 Å². The van der Waals surface area contributed by atoms with Crippen LogP contribution in [0.1, 0.15) is 21.7 Å². The Morgan fingerprint density at radius 1 is 1.20 bits per heavy atom. The van der Waals surface area contributed by atoms with E-state index < -0.39 is 28.5 Å². The van der Waals surface area contributed by atoms with Crippen molar-refractivity contribution in [2.24, 2.45) is 0 Å². The summed E-state index contributed by atoms with van der Waals surface area (Å²) in [7, 11) is 1.50. The minimum absolute atomic E-state index is 0.176. The molecule has 1 aromatic heterocycles. The summed E-state index contributed by atoms with van der Waals surface area (Å²) in [5.74, 6) is -0.158. The molecular weight excluding hydrogens is 423 g/mol. The number of amides is 3. The molecule has 0 fully saturated rings. The van der Waals surface area contributed by atoms with Gasteiger partial charge in [0.2, 0.25) is 0 Å². The number of nitrogens with one attached hydrogen (secondary N) is 4. The molecule has 1 heterocycles. The number of aromatic nitrogens is 2. The van der Waals surface area contributed by atoms with Gasteiger partial charge < -0.3 is 20.9 Å². The van der Waals surface area contributed by atoms with Gasteiger partial charge in [-0.15, -0.1) is 0 Å². The summed E-state index contributed by atoms with van der Waals surface area (Å²) < 4.78 is 39.4. The Morgan fingerprint density at radius 3 is 2.67 bits per heavy atom. The van der Waals surface area contributed by atoms with Crippen molar-refractivity contribution in [1.29, 1.82) is 0 Å². The summed E-state index contributed by atoms with van der Waals surface area (Å²) in [4.78, 5) is 30.7. The molecule has 0 radical (unpaired) electrons. The Hall–Kier alpha value is -3.27. The molecule has 11 heteroatoms. The Kier molecular flexibility index (Phi) is 6.16. The van der Waals surface area contributed by atoms with E-state index in [2.05, 4.69) is 25.9 Å². The second-order valence-corrected chi connectivity index (χ2v) is 6.71. The molecule has 0 atom stereocenters. The van der Waals surface area contributed by atoms with E-state index >= 15 is 0 Å². The molecule has 0 unspecified atom stereocenters. The van der Waals surface area contributed by atoms with Gasteiger partial charge in [-0.2, -0.15) is 13.2 Å². The average Bonchev–Trinajstić information content (AvgIpc) is 3.09. The Bertz CT molecular complexity index is 1100. The molecule has 2 aromatic carbocycles. The quantitative estimate of drug-likeness (QED) is 0.484. The summed E-state index contributed by atoms with van der Waals surface area (Å²) in [6.07, 6.45) is -4.28. The highest BCUT2D eigenvalue weighted by Crippen LogP contribution is 2.39. The second kappa shape index (κ2) is 8.62. The van der Waals surface area contributed by atoms with Crippen molar-refractivity contribution in [3.8, 4) is 0 Å². The Balaban J connectivity index is 1.61. The molecule has 0 aliphatic carbocycles. The third kappa shape index (κ3) is 4.82. The van der Waals surface area contributed by atoms with Crippen molar-refractivity contribution < 1.29 is 22.8 Å². The van der Waals surface area contributed by atoms with Crippen LogP contribution in [0.15, 0.2) is 36.4 Å². The highest BCUT2D eigenvalue weighted by molar-refractivity contribution is 6.32. The maximum absolute atomic E-state index is 13.1. The van der Waals surface area contributed by atoms with Gasteiger partial charge in [-0.3, -0.25) is 4.79 Å². The first-order chi connectivity index (χ1) is 14.2. The molecule has 0 saturated carbocycles. The van der Waals surface area contributed by atoms with Crippen LogP contribution in [0.2, 0.25) is 5.02 Å². The summed E-state index contributed by atoms with van der Waals surface area (Å²) in [5, 5.41) is 6.67. The molecule has 3 aromatic rings. The van der Waals surface area contributed by atoms with Gasteiger partial charge in [0.05, 0.1) is 27.3 Å². The molecule has 3 rings (SSSR count). The van der Waals surface area contributed by atoms with Gasteiger partial charge >= 0.3 is 12.2 Å². The largest absolute Gasteiger partial charge is 0.419 e. The lowest BCUT2D eigenvalue weighted by Gasteiger charge is -2.15. The minimum Gasteiger partial charge on any atom is -0.352 e. The van der Waals surface area contributed by atoms with Crippen LogP contribution in [0.5, 0.6) is 0 Å². The van der Waals surface area contributed by atoms with Crippen LogP contribution in [0.4, 0.5) is 23.7 Å². The lowest BCUT2D eigenvalue weighted by Crippen LogP contribution is -2.31. The molecule has 0 bridgehead atoms. The van der Waals surface area contributed by atoms with Crippen LogP contribution >= 0.6 is 11.6 Å². The van der Waals surface area contributed by atoms with Crippen LogP contribution in [0.25, 0.3) is 11.0 Å². The number of alkyl halides is 3. The highest BCUT2D eigenvalue weighted by atomic mass is 35.5. The Morgan fingerprint density at radius 2 is 1.97 bits per heavy atom. The molecule has 0 aliphatic rings. The molecule has 4 N–H and O–H groups in total. The first kappa shape index (κ1) is 21.4. The topological polar surface area (TPSA) is 98.9 Å². The average molecular weight is 440 g/mol. The van der Waals surface area contributed by atoms with Crippen LogP contribution in [-0.4, -0.2) is 35.5 Å². The monoisotopic (exact) mass is 439 g/mol. The first-order valence-electron chi connectivity index (χ1n) is 8.80. The number of benzene rings is 2. The van der Waals surface area contributed by atoms with Crippen molar-refractivity contribution >= 4 is 40.3 Å². The molecular formula is C19H17ClF3N5O2. The van der Waals surface area contributed by atoms with E-state index in [0.717, 1.165) is 17.7 Å². The van der Waals surface area contributed by atoms with E-state index in [0.29, 0.717) is 17.5 Å². The van der Waals surface area contributed by atoms with Gasteiger partial charge in [0.1, 0.15) is 0 Å². The predicted octanol–water partition coefficient (Wildman–Crippen LogP) is 3.96. The standard InChI is InChI=1S/C19H17ClF3N5O2/c1-24-17(29)16-26-12-6-5-10(9-14(12)27-16)7-8-25-18(30)28-13-4-2-3-11(20)15(13)19(21,22)23/h2-6,9H,7-8H2,1H3,(H,24,29)(H,26,27)(H2,25,28,30). The third-order valence-corrected chi connectivity index (χ3v) is 4.55. The van der Waals surface area contributed by atoms with Gasteiger partial charge in [-0.05, 0) is 36.2 Å². The number of aromatic amines is 1. The maximum Gasteiger partial charge on any atom is 0.419 e. The van der Waals surface area contributed by atoms with Gasteiger partial charge in [0.15, 0.2) is 5.82 Å². The number of fused-ring (bicyclic) bond motifs is 1. The number of hydrogen-bond acceptors (Lipinski definition) is 3. The molecule has 3 amide bonds. The Labute approximate surface area is 174 Å². The normalized spacial score (nSPS) is 11.4. The number of carbonyl (C=O) groups excluding carboxylic acids is 2. The lowest BCUT2D eigenvalue weighted by atomic mass is 10.1. The number of carbonyl (C=O) groups is 2. The predicted molar refractivity (Wildman–Crippen MR) is 107 cm³/mol. The van der Waals surface area contributed by atoms with Crippen LogP contribution in [0, 0.1) is 0 Å². The second-order valence-electron chi connectivity index (χ2n) is 6.31. The van der Waals surface area contributed by atoms with E-state index in [4.69, 9.17) is 11.6 Å². The van der Waals surface area contributed by atoms with Crippen LogP contribution < -0.4 is 16.0 Å². The molecule has 7 nitrogen and oxygen atoms in total. The maximum atomic E-state index is 13.1. The smallest absolute Gasteiger partial charge is 0.352 e. The molecule has 0 aliphatic heterocycles. The summed E-state index contributed by atoms with van der Waals surface area (Å²) in [5.41, 5.74) is 0.591. The number of halogens is 4. The van der Waals surface area contributed by atoms with Gasteiger partial charge in [-0.25, -0.2) is 9.78 Å². The fraction of sp³-hybridized carbons (Fsp3) is 0.211. The van der Waals surface area contributed by atoms with Crippen molar-refractivity contribution in [2.75, 3.05) is 18.9 Å². The van der Waals surface area contributed by atoms with Crippen LogP contribution in [-0.2, 0) is 12.6 Å². The SMILES string of the molecule is CNC(=O)c1nc2ccc(CCNC(=O)Nc3cccc(Cl)c3C(F)(F)F)cc2[nH]1. The van der Waals surface area contributed by atoms with Crippen molar-refractivity contribution in [1.82, 2.24) is 20.6 Å². The van der Waals surface area contributed by atoms with Crippen molar-refractivity contribution in [3.05, 3.63) is 58.4 Å². The molecule has 0 spiro atoms. The highest BCUT2D eigenvalue weighted by Gasteiger charge is 2.36. The van der Waals surface area contributed by atoms with Gasteiger partial charge in [-0.1, -0.05) is 23.7 Å². The summed E-state index contributed by atoms with van der Waals surface area (Å²) >= 11 is 5.64. The van der Waals surface area contributed by atoms with Gasteiger partial charge in [0.25, 0.3) is 5.91 Å². The lowest BCUT2D eigenvalue weighted by molar-refractivity contribution is -0.136. The molecule has 0 saturated heterocycles. The van der Waals surface area contributed by atoms with E-state index in [1.54, 1.807) is 18.2 Å². The van der Waals surface area contributed by atoms with Gasteiger partial charge in [0, 0.05) is 13.6 Å². The number of rotatable bonds is 5. The third-order valence-electron chi connectivity index (χ3n) is 4.23. The summed E-state index contributed by atoms with van der Waals surface area (Å²) in [6.45, 7) is 0.176. The van der Waals surface area contributed by atoms with E-state index in [-0.39, 0.29) is 18.3 Å².